The van der Waals surface area contributed by atoms with Crippen molar-refractivity contribution in [1.29, 1.82) is 0 Å². The van der Waals surface area contributed by atoms with Crippen LogP contribution in [0.2, 0.25) is 0 Å². The Hall–Kier alpha value is 0.220. The Labute approximate surface area is 172 Å². The van der Waals surface area contributed by atoms with Crippen molar-refractivity contribution in [2.45, 2.75) is 49.3 Å². The number of thioether (sulfide) groups is 1. The fourth-order valence-corrected chi connectivity index (χ4v) is 8.71. The summed E-state index contributed by atoms with van der Waals surface area (Å²) >= 11 is 6.14. The van der Waals surface area contributed by atoms with Gasteiger partial charge in [-0.25, -0.2) is 0 Å². The highest BCUT2D eigenvalue weighted by Crippen LogP contribution is 2.71. The lowest BCUT2D eigenvalue weighted by molar-refractivity contribution is 0.195. The predicted octanol–water partition coefficient (Wildman–Crippen LogP) is 6.10. The Bertz CT molecular complexity index is 635. The second-order valence-corrected chi connectivity index (χ2v) is 11.6. The largest absolute Gasteiger partial charge is 0.346 e. The maximum atomic E-state index is 13.5. The molecule has 0 aliphatic carbocycles. The molecule has 1 rings (SSSR count). The first-order chi connectivity index (χ1) is 12.8. The number of hydrogen-bond donors (Lipinski definition) is 1. The van der Waals surface area contributed by atoms with Crippen LogP contribution in [0.1, 0.15) is 33.3 Å². The van der Waals surface area contributed by atoms with Crippen LogP contribution in [0, 0.1) is 0 Å². The van der Waals surface area contributed by atoms with Crippen LogP contribution in [-0.2, 0) is 33.6 Å². The lowest BCUT2D eigenvalue weighted by atomic mass is 10.2. The van der Waals surface area contributed by atoms with Crippen LogP contribution in [-0.4, -0.2) is 38.1 Å². The van der Waals surface area contributed by atoms with Gasteiger partial charge in [-0.3, -0.25) is 9.13 Å². The van der Waals surface area contributed by atoms with E-state index in [0.29, 0.717) is 4.90 Å². The molecular weight excluding hydrogens is 426 g/mol. The number of hydrogen-bond acceptors (Lipinski definition) is 8. The van der Waals surface area contributed by atoms with Crippen LogP contribution in [0.5, 0.6) is 0 Å². The first-order valence-corrected chi connectivity index (χ1v) is 13.8. The average molecular weight is 457 g/mol. The Morgan fingerprint density at radius 3 is 1.70 bits per heavy atom. The molecule has 0 heterocycles. The van der Waals surface area contributed by atoms with Gasteiger partial charge in [0.05, 0.1) is 26.4 Å². The summed E-state index contributed by atoms with van der Waals surface area (Å²) < 4.78 is 49.1. The number of rotatable bonds is 13. The lowest BCUT2D eigenvalue weighted by Crippen LogP contribution is -2.20. The zero-order valence-corrected chi connectivity index (χ0v) is 20.0. The van der Waals surface area contributed by atoms with Crippen LogP contribution in [0.25, 0.3) is 0 Å². The molecule has 156 valence electrons. The monoisotopic (exact) mass is 456 g/mol. The van der Waals surface area contributed by atoms with Crippen molar-refractivity contribution in [3.63, 3.8) is 0 Å². The zero-order valence-electron chi connectivity index (χ0n) is 16.5. The van der Waals surface area contributed by atoms with Crippen LogP contribution in [0.4, 0.5) is 0 Å². The van der Waals surface area contributed by atoms with Gasteiger partial charge in [-0.15, -0.1) is 24.4 Å². The standard InChI is InChI=1S/C17H30O6P2S2/c1-6-20-24(18,21-7-2)17(25(19,22-8-3)23-9-4)12-14-10-11-15(27-5)13-16(14)26/h10-11,13,17,26H,6-9,12H2,1-5H3. The van der Waals surface area contributed by atoms with Gasteiger partial charge in [0, 0.05) is 9.79 Å². The number of thiol groups is 1. The highest BCUT2D eigenvalue weighted by molar-refractivity contribution is 7.98. The minimum absolute atomic E-state index is 0.141. The second kappa shape index (κ2) is 12.0. The molecule has 0 amide bonds. The molecule has 6 nitrogen and oxygen atoms in total. The fraction of sp³-hybridized carbons (Fsp3) is 0.647. The van der Waals surface area contributed by atoms with E-state index in [1.165, 1.54) is 0 Å². The first-order valence-electron chi connectivity index (χ1n) is 8.93. The number of benzene rings is 1. The summed E-state index contributed by atoms with van der Waals surface area (Å²) in [5.74, 6) is 0. The average Bonchev–Trinajstić information content (AvgIpc) is 2.61. The van der Waals surface area contributed by atoms with E-state index in [2.05, 4.69) is 12.6 Å². The SMILES string of the molecule is CCOP(=O)(OCC)C(Cc1ccc(SC)cc1S)P(=O)(OCC)OCC. The summed E-state index contributed by atoms with van der Waals surface area (Å²) in [7, 11) is -7.53. The topological polar surface area (TPSA) is 71.1 Å². The Morgan fingerprint density at radius 1 is 0.926 bits per heavy atom. The van der Waals surface area contributed by atoms with Gasteiger partial charge in [0.25, 0.3) is 0 Å². The summed E-state index contributed by atoms with van der Waals surface area (Å²) in [6, 6.07) is 5.74. The molecular formula is C17H30O6P2S2. The molecule has 0 saturated heterocycles. The molecule has 0 aliphatic rings. The van der Waals surface area contributed by atoms with Gasteiger partial charge in [0.15, 0.2) is 5.40 Å². The highest BCUT2D eigenvalue weighted by atomic mass is 32.2. The maximum Gasteiger partial charge on any atom is 0.346 e. The van der Waals surface area contributed by atoms with Crippen molar-refractivity contribution in [2.75, 3.05) is 32.7 Å². The Balaban J connectivity index is 3.44. The molecule has 1 aromatic carbocycles. The van der Waals surface area contributed by atoms with E-state index < -0.39 is 20.6 Å². The van der Waals surface area contributed by atoms with Crippen LogP contribution >= 0.6 is 39.6 Å². The van der Waals surface area contributed by atoms with Gasteiger partial charge in [0.2, 0.25) is 0 Å². The molecule has 0 aliphatic heterocycles. The van der Waals surface area contributed by atoms with Crippen molar-refractivity contribution in [2.24, 2.45) is 0 Å². The van der Waals surface area contributed by atoms with E-state index in [-0.39, 0.29) is 32.8 Å². The van der Waals surface area contributed by atoms with Crippen molar-refractivity contribution in [1.82, 2.24) is 0 Å². The smallest absolute Gasteiger partial charge is 0.308 e. The van der Waals surface area contributed by atoms with Crippen LogP contribution in [0.15, 0.2) is 28.0 Å². The van der Waals surface area contributed by atoms with E-state index in [9.17, 15) is 9.13 Å². The summed E-state index contributed by atoms with van der Waals surface area (Å²) in [5, 5.41) is -1.07. The zero-order chi connectivity index (χ0) is 20.5. The molecule has 10 heteroatoms. The quantitative estimate of drug-likeness (QED) is 0.218. The molecule has 0 aromatic heterocycles. The summed E-state index contributed by atoms with van der Waals surface area (Å²) in [4.78, 5) is 1.77. The van der Waals surface area contributed by atoms with Crippen LogP contribution in [0.3, 0.4) is 0 Å². The minimum Gasteiger partial charge on any atom is -0.308 e. The highest BCUT2D eigenvalue weighted by Gasteiger charge is 2.50. The van der Waals surface area contributed by atoms with Crippen LogP contribution < -0.4 is 0 Å². The molecule has 0 atom stereocenters. The van der Waals surface area contributed by atoms with Crippen molar-refractivity contribution >= 4 is 39.6 Å². The molecule has 0 N–H and O–H groups in total. The molecule has 0 saturated carbocycles. The molecule has 0 radical (unpaired) electrons. The summed E-state index contributed by atoms with van der Waals surface area (Å²) in [5.41, 5.74) is 0.778. The summed E-state index contributed by atoms with van der Waals surface area (Å²) in [6.45, 7) is 7.49. The van der Waals surface area contributed by atoms with Gasteiger partial charge >= 0.3 is 15.2 Å². The van der Waals surface area contributed by atoms with E-state index in [0.717, 1.165) is 10.5 Å². The van der Waals surface area contributed by atoms with Crippen molar-refractivity contribution in [3.8, 4) is 0 Å². The maximum absolute atomic E-state index is 13.5. The third-order valence-corrected chi connectivity index (χ3v) is 10.8. The fourth-order valence-electron chi connectivity index (χ4n) is 2.58. The predicted molar refractivity (Wildman–Crippen MR) is 115 cm³/mol. The molecule has 0 fully saturated rings. The molecule has 0 unspecified atom stereocenters. The molecule has 27 heavy (non-hydrogen) atoms. The Morgan fingerprint density at radius 2 is 1.37 bits per heavy atom. The van der Waals surface area contributed by atoms with Crippen molar-refractivity contribution < 1.29 is 27.2 Å². The molecule has 0 bridgehead atoms. The normalized spacial score (nSPS) is 12.7. The third-order valence-electron chi connectivity index (χ3n) is 3.66. The summed E-state index contributed by atoms with van der Waals surface area (Å²) in [6.07, 6.45) is 2.11. The van der Waals surface area contributed by atoms with Gasteiger partial charge in [-0.05, 0) is 58.1 Å². The lowest BCUT2D eigenvalue weighted by Gasteiger charge is -2.31. The van der Waals surface area contributed by atoms with E-state index in [4.69, 9.17) is 18.1 Å². The third kappa shape index (κ3) is 6.90. The minimum atomic E-state index is -3.77. The van der Waals surface area contributed by atoms with Crippen molar-refractivity contribution in [3.05, 3.63) is 23.8 Å². The van der Waals surface area contributed by atoms with E-state index in [1.54, 1.807) is 39.5 Å². The van der Waals surface area contributed by atoms with E-state index >= 15 is 0 Å². The first kappa shape index (κ1) is 25.3. The second-order valence-electron chi connectivity index (χ2n) is 5.43. The van der Waals surface area contributed by atoms with Gasteiger partial charge in [-0.1, -0.05) is 6.07 Å². The van der Waals surface area contributed by atoms with Gasteiger partial charge < -0.3 is 18.1 Å². The Kier molecular flexibility index (Phi) is 11.3. The van der Waals surface area contributed by atoms with E-state index in [1.807, 2.05) is 24.5 Å². The molecule has 1 aromatic rings. The van der Waals surface area contributed by atoms with Gasteiger partial charge in [-0.2, -0.15) is 0 Å². The van der Waals surface area contributed by atoms with Gasteiger partial charge in [0.1, 0.15) is 0 Å². The molecule has 0 spiro atoms.